The number of ketones is 1. The lowest BCUT2D eigenvalue weighted by molar-refractivity contribution is -0.137. The van der Waals surface area contributed by atoms with Gasteiger partial charge in [-0.05, 0) is 36.3 Å². The number of fused-ring (bicyclic) bond motifs is 1. The quantitative estimate of drug-likeness (QED) is 0.544. The van der Waals surface area contributed by atoms with Gasteiger partial charge in [-0.25, -0.2) is 14.4 Å². The number of nitrogens with zero attached hydrogens (tertiary/aromatic N) is 2. The summed E-state index contributed by atoms with van der Waals surface area (Å²) < 4.78 is 19.3. The number of aromatic amines is 1. The molecule has 0 saturated carbocycles. The van der Waals surface area contributed by atoms with Crippen molar-refractivity contribution in [3.05, 3.63) is 48.2 Å². The van der Waals surface area contributed by atoms with E-state index < -0.39 is 6.04 Å². The molecule has 2 atom stereocenters. The summed E-state index contributed by atoms with van der Waals surface area (Å²) in [5, 5.41) is 6.57. The Morgan fingerprint density at radius 2 is 2.03 bits per heavy atom. The van der Waals surface area contributed by atoms with Crippen molar-refractivity contribution in [3.63, 3.8) is 0 Å². The molecule has 0 radical (unpaired) electrons. The number of amides is 1. The number of benzene rings is 1. The molecule has 0 bridgehead atoms. The first-order valence-electron chi connectivity index (χ1n) is 9.97. The van der Waals surface area contributed by atoms with Crippen LogP contribution in [0.15, 0.2) is 36.7 Å². The Balaban J connectivity index is 1.48. The van der Waals surface area contributed by atoms with Gasteiger partial charge in [-0.3, -0.25) is 9.59 Å². The minimum absolute atomic E-state index is 0.00807. The highest BCUT2D eigenvalue weighted by molar-refractivity contribution is 6.01. The molecule has 3 aromatic rings. The summed E-state index contributed by atoms with van der Waals surface area (Å²) in [6, 6.07) is 5.43. The Labute approximate surface area is 176 Å². The van der Waals surface area contributed by atoms with Gasteiger partial charge in [0.2, 0.25) is 5.91 Å². The molecule has 9 heteroatoms. The van der Waals surface area contributed by atoms with Crippen LogP contribution in [0.5, 0.6) is 5.75 Å². The number of β-lactam (4-membered cyclic amide) rings is 1. The van der Waals surface area contributed by atoms with E-state index in [1.807, 2.05) is 12.1 Å². The molecule has 1 fully saturated rings. The van der Waals surface area contributed by atoms with Gasteiger partial charge < -0.3 is 20.4 Å². The Hall–Kier alpha value is -3.59. The van der Waals surface area contributed by atoms with E-state index in [1.54, 1.807) is 6.07 Å². The second kappa shape index (κ2) is 7.59. The normalized spacial score (nSPS) is 20.7. The molecule has 8 nitrogen and oxygen atoms in total. The van der Waals surface area contributed by atoms with E-state index in [0.717, 1.165) is 16.7 Å². The fourth-order valence-corrected chi connectivity index (χ4v) is 4.09. The van der Waals surface area contributed by atoms with Crippen LogP contribution in [0.25, 0.3) is 27.9 Å². The van der Waals surface area contributed by atoms with Gasteiger partial charge in [0.15, 0.2) is 5.78 Å². The number of hydrogen-bond donors (Lipinski definition) is 3. The molecule has 2 aliphatic rings. The molecular weight excluding hydrogens is 401 g/mol. The van der Waals surface area contributed by atoms with Crippen molar-refractivity contribution < 1.29 is 18.7 Å². The van der Waals surface area contributed by atoms with Crippen LogP contribution < -0.4 is 15.4 Å². The second-order valence-corrected chi connectivity index (χ2v) is 7.63. The Morgan fingerprint density at radius 1 is 1.19 bits per heavy atom. The summed E-state index contributed by atoms with van der Waals surface area (Å²) in [5.74, 6) is 0.0213. The number of methoxy groups -OCH3 is 1. The summed E-state index contributed by atoms with van der Waals surface area (Å²) >= 11 is 0. The maximum atomic E-state index is 13.9. The summed E-state index contributed by atoms with van der Waals surface area (Å²) in [6.07, 6.45) is 4.18. The first-order chi connectivity index (χ1) is 15.0. The van der Waals surface area contributed by atoms with Gasteiger partial charge in [0.1, 0.15) is 23.5 Å². The van der Waals surface area contributed by atoms with Crippen LogP contribution >= 0.6 is 0 Å². The van der Waals surface area contributed by atoms with Gasteiger partial charge in [0.25, 0.3) is 0 Å². The van der Waals surface area contributed by atoms with Gasteiger partial charge in [-0.1, -0.05) is 6.08 Å². The molecule has 2 aliphatic heterocycles. The zero-order valence-corrected chi connectivity index (χ0v) is 16.7. The van der Waals surface area contributed by atoms with Crippen LogP contribution in [0.2, 0.25) is 0 Å². The van der Waals surface area contributed by atoms with E-state index >= 15 is 0 Å². The van der Waals surface area contributed by atoms with E-state index in [4.69, 9.17) is 4.74 Å². The van der Waals surface area contributed by atoms with Gasteiger partial charge in [-0.2, -0.15) is 0 Å². The molecular formula is C22H20FN5O3. The third-order valence-corrected chi connectivity index (χ3v) is 5.74. The van der Waals surface area contributed by atoms with Crippen molar-refractivity contribution in [1.29, 1.82) is 0 Å². The van der Waals surface area contributed by atoms with Crippen LogP contribution in [0.4, 0.5) is 4.39 Å². The van der Waals surface area contributed by atoms with Crippen molar-refractivity contribution >= 4 is 28.3 Å². The zero-order chi connectivity index (χ0) is 21.5. The van der Waals surface area contributed by atoms with E-state index in [9.17, 15) is 14.0 Å². The van der Waals surface area contributed by atoms with Crippen molar-refractivity contribution in [2.75, 3.05) is 13.7 Å². The van der Waals surface area contributed by atoms with Crippen LogP contribution in [0.1, 0.15) is 18.5 Å². The number of halogens is 1. The highest BCUT2D eigenvalue weighted by atomic mass is 19.1. The maximum absolute atomic E-state index is 13.9. The molecule has 5 rings (SSSR count). The first-order valence-corrected chi connectivity index (χ1v) is 9.97. The molecule has 31 heavy (non-hydrogen) atoms. The molecule has 1 amide bonds. The van der Waals surface area contributed by atoms with Gasteiger partial charge in [-0.15, -0.1) is 0 Å². The van der Waals surface area contributed by atoms with Crippen LogP contribution in [0.3, 0.4) is 0 Å². The average Bonchev–Trinajstić information content (AvgIpc) is 3.21. The number of aromatic nitrogens is 3. The zero-order valence-electron chi connectivity index (χ0n) is 16.7. The topological polar surface area (TPSA) is 109 Å². The number of ether oxygens (including phenoxy) is 1. The predicted molar refractivity (Wildman–Crippen MR) is 112 cm³/mol. The Kier molecular flexibility index (Phi) is 4.74. The molecule has 2 aromatic heterocycles. The predicted octanol–water partition coefficient (Wildman–Crippen LogP) is 1.98. The van der Waals surface area contributed by atoms with Gasteiger partial charge in [0.05, 0.1) is 31.3 Å². The van der Waals surface area contributed by atoms with E-state index in [2.05, 4.69) is 25.6 Å². The van der Waals surface area contributed by atoms with Crippen LogP contribution in [0, 0.1) is 5.82 Å². The number of carbonyl (C=O) groups excluding carboxylic acids is 2. The lowest BCUT2D eigenvalue weighted by Gasteiger charge is -2.31. The third kappa shape index (κ3) is 3.46. The van der Waals surface area contributed by atoms with Crippen molar-refractivity contribution in [3.8, 4) is 17.0 Å². The minimum atomic E-state index is -0.412. The standard InChI is InChI=1S/C22H20FN5O3/c1-31-18-3-2-12(23)7-13(18)20-14-8-15(28-22(14)26-10-25-20)11-4-5-24-16(6-11)21(30)17-9-19(29)27-17/h2-4,7-8,10,16-17,24H,5-6,9H2,1H3,(H,27,29)(H,25,26,28). The number of hydrogen-bond acceptors (Lipinski definition) is 6. The maximum Gasteiger partial charge on any atom is 0.223 e. The van der Waals surface area contributed by atoms with E-state index in [1.165, 1.54) is 25.6 Å². The Bertz CT molecular complexity index is 1230. The van der Waals surface area contributed by atoms with Crippen LogP contribution in [-0.2, 0) is 9.59 Å². The van der Waals surface area contributed by atoms with E-state index in [-0.39, 0.29) is 30.0 Å². The first kappa shape index (κ1) is 19.4. The summed E-state index contributed by atoms with van der Waals surface area (Å²) in [5.41, 5.74) is 3.50. The molecule has 4 heterocycles. The van der Waals surface area contributed by atoms with Crippen LogP contribution in [-0.4, -0.2) is 52.4 Å². The fourth-order valence-electron chi connectivity index (χ4n) is 4.09. The van der Waals surface area contributed by atoms with Gasteiger partial charge in [0, 0.05) is 23.2 Å². The lowest BCUT2D eigenvalue weighted by Crippen LogP contribution is -2.58. The molecule has 1 aromatic carbocycles. The summed E-state index contributed by atoms with van der Waals surface area (Å²) in [4.78, 5) is 35.8. The smallest absolute Gasteiger partial charge is 0.223 e. The molecule has 3 N–H and O–H groups in total. The summed E-state index contributed by atoms with van der Waals surface area (Å²) in [6.45, 7) is 0.540. The Morgan fingerprint density at radius 3 is 2.81 bits per heavy atom. The number of Topliss-reactive ketones (excluding diaryl/α,β-unsaturated/α-hetero) is 1. The molecule has 0 spiro atoms. The SMILES string of the molecule is COc1ccc(F)cc1-c1ncnc2[nH]c(C3=CCNC(C(=O)C4CC(=O)N4)C3)cc12. The van der Waals surface area contributed by atoms with E-state index in [0.29, 0.717) is 35.6 Å². The average molecular weight is 421 g/mol. The third-order valence-electron chi connectivity index (χ3n) is 5.74. The molecule has 2 unspecified atom stereocenters. The van der Waals surface area contributed by atoms with Crippen molar-refractivity contribution in [2.24, 2.45) is 0 Å². The highest BCUT2D eigenvalue weighted by Gasteiger charge is 2.37. The largest absolute Gasteiger partial charge is 0.496 e. The summed E-state index contributed by atoms with van der Waals surface area (Å²) in [7, 11) is 1.53. The second-order valence-electron chi connectivity index (χ2n) is 7.63. The minimum Gasteiger partial charge on any atom is -0.496 e. The molecule has 1 saturated heterocycles. The number of nitrogens with one attached hydrogen (secondary N) is 3. The molecule has 0 aliphatic carbocycles. The monoisotopic (exact) mass is 421 g/mol. The lowest BCUT2D eigenvalue weighted by atomic mass is 9.89. The van der Waals surface area contributed by atoms with Crippen molar-refractivity contribution in [1.82, 2.24) is 25.6 Å². The molecule has 158 valence electrons. The van der Waals surface area contributed by atoms with Gasteiger partial charge >= 0.3 is 0 Å². The number of rotatable bonds is 5. The number of carbonyl (C=O) groups is 2. The van der Waals surface area contributed by atoms with Crippen molar-refractivity contribution in [2.45, 2.75) is 24.9 Å². The fraction of sp³-hybridized carbons (Fsp3) is 0.273. The number of H-pyrrole nitrogens is 1. The highest BCUT2D eigenvalue weighted by Crippen LogP contribution is 2.35.